The van der Waals surface area contributed by atoms with E-state index in [4.69, 9.17) is 15.0 Å². The van der Waals surface area contributed by atoms with Gasteiger partial charge in [0, 0.05) is 42.2 Å². The molecule has 0 unspecified atom stereocenters. The molecule has 3 nitrogen and oxygen atoms in total. The minimum Gasteiger partial charge on any atom is -0.208 e. The molecule has 0 saturated heterocycles. The van der Waals surface area contributed by atoms with E-state index in [1.165, 1.54) is 30.9 Å². The number of thiophene rings is 1. The molecule has 0 saturated carbocycles. The van der Waals surface area contributed by atoms with Gasteiger partial charge < -0.3 is 0 Å². The SMILES string of the molecule is c1ccc(-c2ccccc2-c2nc(-c3ccc4sc5ccccc5c4c3)nc(-c3cccc4ccc5ccccc5c34)n2)cc1. The van der Waals surface area contributed by atoms with Crippen LogP contribution in [-0.4, -0.2) is 15.0 Å². The van der Waals surface area contributed by atoms with Gasteiger partial charge in [-0.15, -0.1) is 11.3 Å². The zero-order valence-corrected chi connectivity index (χ0v) is 25.0. The zero-order chi connectivity index (χ0) is 29.7. The quantitative estimate of drug-likeness (QED) is 0.191. The average molecular weight is 592 g/mol. The predicted octanol–water partition coefficient (Wildman–Crippen LogP) is 11.2. The van der Waals surface area contributed by atoms with Crippen molar-refractivity contribution in [3.8, 4) is 45.3 Å². The fourth-order valence-corrected chi connectivity index (χ4v) is 7.49. The van der Waals surface area contributed by atoms with E-state index in [1.54, 1.807) is 0 Å². The van der Waals surface area contributed by atoms with Gasteiger partial charge in [0.2, 0.25) is 0 Å². The first-order valence-electron chi connectivity index (χ1n) is 15.0. The Morgan fingerprint density at radius 3 is 1.87 bits per heavy atom. The Morgan fingerprint density at radius 2 is 0.978 bits per heavy atom. The summed E-state index contributed by atoms with van der Waals surface area (Å²) in [4.78, 5) is 15.6. The normalized spacial score (nSPS) is 11.6. The second kappa shape index (κ2) is 10.5. The minimum absolute atomic E-state index is 0.655. The second-order valence-corrected chi connectivity index (χ2v) is 12.3. The molecule has 2 heterocycles. The third kappa shape index (κ3) is 4.38. The lowest BCUT2D eigenvalue weighted by atomic mass is 9.97. The lowest BCUT2D eigenvalue weighted by Gasteiger charge is -2.14. The van der Waals surface area contributed by atoms with Crippen molar-refractivity contribution in [2.75, 3.05) is 0 Å². The van der Waals surface area contributed by atoms with Crippen LogP contribution in [0.4, 0.5) is 0 Å². The number of hydrogen-bond donors (Lipinski definition) is 0. The highest BCUT2D eigenvalue weighted by molar-refractivity contribution is 7.25. The number of aromatic nitrogens is 3. The largest absolute Gasteiger partial charge is 0.208 e. The molecule has 210 valence electrons. The molecule has 2 aromatic heterocycles. The Bertz CT molecular complexity index is 2550. The molecule has 0 fully saturated rings. The van der Waals surface area contributed by atoms with Crippen LogP contribution >= 0.6 is 11.3 Å². The smallest absolute Gasteiger partial charge is 0.164 e. The summed E-state index contributed by atoms with van der Waals surface area (Å²) in [5.41, 5.74) is 5.15. The van der Waals surface area contributed by atoms with Gasteiger partial charge in [-0.3, -0.25) is 0 Å². The van der Waals surface area contributed by atoms with Crippen LogP contribution in [0.2, 0.25) is 0 Å². The van der Waals surface area contributed by atoms with Crippen molar-refractivity contribution < 1.29 is 0 Å². The molecule has 7 aromatic carbocycles. The Kier molecular flexibility index (Phi) is 6.00. The standard InChI is InChI=1S/C41H25N3S/c1-2-11-26(12-3-1)30-15-6-7-18-33(30)40-42-39(29-23-24-37-35(25-29)32-17-8-9-20-36(32)45-37)43-41(44-40)34-19-10-14-28-22-21-27-13-4-5-16-31(27)38(28)34/h1-25H. The first-order valence-corrected chi connectivity index (χ1v) is 15.9. The van der Waals surface area contributed by atoms with Crippen LogP contribution in [-0.2, 0) is 0 Å². The highest BCUT2D eigenvalue weighted by Crippen LogP contribution is 2.39. The number of benzene rings is 7. The third-order valence-corrected chi connectivity index (χ3v) is 9.69. The molecule has 45 heavy (non-hydrogen) atoms. The van der Waals surface area contributed by atoms with Crippen LogP contribution in [0.5, 0.6) is 0 Å². The maximum absolute atomic E-state index is 5.22. The Hall–Kier alpha value is -5.71. The fraction of sp³-hybridized carbons (Fsp3) is 0. The van der Waals surface area contributed by atoms with E-state index in [0.29, 0.717) is 17.5 Å². The lowest BCUT2D eigenvalue weighted by molar-refractivity contribution is 1.08. The van der Waals surface area contributed by atoms with E-state index >= 15 is 0 Å². The molecule has 9 aromatic rings. The predicted molar refractivity (Wildman–Crippen MR) is 189 cm³/mol. The van der Waals surface area contributed by atoms with Gasteiger partial charge in [0.1, 0.15) is 0 Å². The molecule has 0 N–H and O–H groups in total. The summed E-state index contributed by atoms with van der Waals surface area (Å²) >= 11 is 1.81. The van der Waals surface area contributed by atoms with E-state index in [-0.39, 0.29) is 0 Å². The van der Waals surface area contributed by atoms with Crippen LogP contribution in [0.15, 0.2) is 152 Å². The maximum atomic E-state index is 5.22. The van der Waals surface area contributed by atoms with Crippen molar-refractivity contribution >= 4 is 53.1 Å². The molecule has 9 rings (SSSR count). The molecule has 0 atom stereocenters. The Labute approximate surface area is 264 Å². The van der Waals surface area contributed by atoms with Crippen LogP contribution in [0.1, 0.15) is 0 Å². The first-order chi connectivity index (χ1) is 22.3. The second-order valence-electron chi connectivity index (χ2n) is 11.2. The zero-order valence-electron chi connectivity index (χ0n) is 24.2. The molecule has 4 heteroatoms. The number of hydrogen-bond acceptors (Lipinski definition) is 4. The summed E-state index contributed by atoms with van der Waals surface area (Å²) in [5, 5.41) is 7.15. The van der Waals surface area contributed by atoms with Crippen molar-refractivity contribution in [1.29, 1.82) is 0 Å². The van der Waals surface area contributed by atoms with Crippen LogP contribution in [0.3, 0.4) is 0 Å². The summed E-state index contributed by atoms with van der Waals surface area (Å²) in [5.74, 6) is 1.98. The number of nitrogens with zero attached hydrogens (tertiary/aromatic N) is 3. The third-order valence-electron chi connectivity index (χ3n) is 8.53. The van der Waals surface area contributed by atoms with Crippen molar-refractivity contribution in [2.45, 2.75) is 0 Å². The van der Waals surface area contributed by atoms with Crippen LogP contribution in [0.25, 0.3) is 87.0 Å². The molecular weight excluding hydrogens is 567 g/mol. The molecule has 0 aliphatic rings. The highest BCUT2D eigenvalue weighted by Gasteiger charge is 2.18. The highest BCUT2D eigenvalue weighted by atomic mass is 32.1. The molecule has 0 spiro atoms. The molecule has 0 bridgehead atoms. The van der Waals surface area contributed by atoms with Gasteiger partial charge in [-0.1, -0.05) is 127 Å². The topological polar surface area (TPSA) is 38.7 Å². The van der Waals surface area contributed by atoms with E-state index < -0.39 is 0 Å². The van der Waals surface area contributed by atoms with Gasteiger partial charge in [-0.25, -0.2) is 15.0 Å². The first kappa shape index (κ1) is 25.8. The van der Waals surface area contributed by atoms with E-state index in [1.807, 2.05) is 17.4 Å². The van der Waals surface area contributed by atoms with E-state index in [9.17, 15) is 0 Å². The number of fused-ring (bicyclic) bond motifs is 6. The summed E-state index contributed by atoms with van der Waals surface area (Å²) in [7, 11) is 0. The van der Waals surface area contributed by atoms with E-state index in [0.717, 1.165) is 38.6 Å². The lowest BCUT2D eigenvalue weighted by Crippen LogP contribution is -2.01. The summed E-state index contributed by atoms with van der Waals surface area (Å²) in [6, 6.07) is 53.3. The molecule has 0 aliphatic carbocycles. The van der Waals surface area contributed by atoms with Crippen molar-refractivity contribution in [3.63, 3.8) is 0 Å². The van der Waals surface area contributed by atoms with Gasteiger partial charge in [-0.2, -0.15) is 0 Å². The average Bonchev–Trinajstić information content (AvgIpc) is 3.49. The Balaban J connectivity index is 1.34. The maximum Gasteiger partial charge on any atom is 0.164 e. The molecule has 0 radical (unpaired) electrons. The fourth-order valence-electron chi connectivity index (χ4n) is 6.40. The van der Waals surface area contributed by atoms with Gasteiger partial charge in [0.05, 0.1) is 0 Å². The molecule has 0 aliphatic heterocycles. The van der Waals surface area contributed by atoms with Gasteiger partial charge >= 0.3 is 0 Å². The summed E-state index contributed by atoms with van der Waals surface area (Å²) < 4.78 is 2.53. The molecular formula is C41H25N3S. The van der Waals surface area contributed by atoms with Crippen molar-refractivity contribution in [3.05, 3.63) is 152 Å². The van der Waals surface area contributed by atoms with Gasteiger partial charge in [0.25, 0.3) is 0 Å². The summed E-state index contributed by atoms with van der Waals surface area (Å²) in [6.45, 7) is 0. The van der Waals surface area contributed by atoms with E-state index in [2.05, 4.69) is 146 Å². The van der Waals surface area contributed by atoms with Gasteiger partial charge in [0.15, 0.2) is 17.5 Å². The summed E-state index contributed by atoms with van der Waals surface area (Å²) in [6.07, 6.45) is 0. The molecule has 0 amide bonds. The van der Waals surface area contributed by atoms with Crippen molar-refractivity contribution in [1.82, 2.24) is 15.0 Å². The Morgan fingerprint density at radius 1 is 0.356 bits per heavy atom. The minimum atomic E-state index is 0.655. The van der Waals surface area contributed by atoms with Crippen molar-refractivity contribution in [2.24, 2.45) is 0 Å². The van der Waals surface area contributed by atoms with Crippen LogP contribution < -0.4 is 0 Å². The van der Waals surface area contributed by atoms with Crippen LogP contribution in [0, 0.1) is 0 Å². The monoisotopic (exact) mass is 591 g/mol. The number of rotatable bonds is 4. The van der Waals surface area contributed by atoms with Gasteiger partial charge in [-0.05, 0) is 51.6 Å².